The number of ether oxygens (including phenoxy) is 2. The van der Waals surface area contributed by atoms with Gasteiger partial charge in [-0.25, -0.2) is 0 Å². The van der Waals surface area contributed by atoms with Gasteiger partial charge in [0.05, 0.1) is 7.11 Å². The van der Waals surface area contributed by atoms with Crippen LogP contribution in [0.5, 0.6) is 11.5 Å². The van der Waals surface area contributed by atoms with E-state index < -0.39 is 18.5 Å². The fourth-order valence-corrected chi connectivity index (χ4v) is 1.89. The van der Waals surface area contributed by atoms with Gasteiger partial charge in [-0.15, -0.1) is 0 Å². The lowest BCUT2D eigenvalue weighted by Gasteiger charge is -2.11. The number of benzene rings is 1. The number of alkyl halides is 2. The Hall–Kier alpha value is -2.38. The van der Waals surface area contributed by atoms with E-state index in [1.807, 2.05) is 0 Å². The molecule has 0 radical (unpaired) electrons. The van der Waals surface area contributed by atoms with Crippen LogP contribution in [0.3, 0.4) is 0 Å². The van der Waals surface area contributed by atoms with Crippen LogP contribution in [0.1, 0.15) is 36.0 Å². The Morgan fingerprint density at radius 1 is 1.22 bits per heavy atom. The zero-order valence-electron chi connectivity index (χ0n) is 12.7. The molecule has 6 nitrogen and oxygen atoms in total. The number of carbonyl (C=O) groups excluding carboxylic acids is 1. The third-order valence-electron chi connectivity index (χ3n) is 2.99. The van der Waals surface area contributed by atoms with E-state index in [1.54, 1.807) is 0 Å². The summed E-state index contributed by atoms with van der Waals surface area (Å²) in [6.45, 7) is -2.65. The Balaban J connectivity index is 2.51. The lowest BCUT2D eigenvalue weighted by Crippen LogP contribution is -2.24. The number of hydrogen-bond acceptors (Lipinski definition) is 4. The molecule has 0 saturated heterocycles. The maximum absolute atomic E-state index is 12.3. The molecular weight excluding hydrogens is 312 g/mol. The number of nitrogens with one attached hydrogen (secondary N) is 1. The Labute approximate surface area is 132 Å². The molecule has 0 atom stereocenters. The molecule has 128 valence electrons. The van der Waals surface area contributed by atoms with Crippen LogP contribution in [0.2, 0.25) is 0 Å². The fourth-order valence-electron chi connectivity index (χ4n) is 1.89. The molecule has 1 amide bonds. The molecule has 0 unspecified atom stereocenters. The molecule has 1 rings (SSSR count). The number of rotatable bonds is 10. The molecular formula is C15H19F2NO5. The second kappa shape index (κ2) is 9.60. The Bertz CT molecular complexity index is 537. The second-order valence-electron chi connectivity index (χ2n) is 4.70. The summed E-state index contributed by atoms with van der Waals surface area (Å²) in [5.74, 6) is -1.38. The van der Waals surface area contributed by atoms with Crippen LogP contribution in [-0.4, -0.2) is 37.2 Å². The first kappa shape index (κ1) is 18.7. The fraction of sp³-hybridized carbons (Fsp3) is 0.467. The van der Waals surface area contributed by atoms with Crippen LogP contribution < -0.4 is 14.8 Å². The average Bonchev–Trinajstić information content (AvgIpc) is 2.49. The molecule has 0 aromatic heterocycles. The van der Waals surface area contributed by atoms with E-state index in [0.717, 1.165) is 0 Å². The molecule has 23 heavy (non-hydrogen) atoms. The summed E-state index contributed by atoms with van der Waals surface area (Å²) in [4.78, 5) is 22.3. The van der Waals surface area contributed by atoms with Gasteiger partial charge in [-0.2, -0.15) is 8.78 Å². The number of aliphatic carboxylic acids is 1. The van der Waals surface area contributed by atoms with Gasteiger partial charge in [0.15, 0.2) is 11.5 Å². The minimum absolute atomic E-state index is 0.0980. The Kier molecular flexibility index (Phi) is 7.79. The van der Waals surface area contributed by atoms with Gasteiger partial charge in [-0.3, -0.25) is 9.59 Å². The summed E-state index contributed by atoms with van der Waals surface area (Å²) in [7, 11) is 1.31. The van der Waals surface area contributed by atoms with E-state index in [2.05, 4.69) is 10.1 Å². The van der Waals surface area contributed by atoms with Crippen molar-refractivity contribution in [1.82, 2.24) is 5.32 Å². The second-order valence-corrected chi connectivity index (χ2v) is 4.70. The number of carbonyl (C=O) groups is 2. The lowest BCUT2D eigenvalue weighted by atomic mass is 10.1. The summed E-state index contributed by atoms with van der Waals surface area (Å²) >= 11 is 0. The van der Waals surface area contributed by atoms with Gasteiger partial charge in [0.25, 0.3) is 5.91 Å². The van der Waals surface area contributed by atoms with Gasteiger partial charge >= 0.3 is 12.6 Å². The van der Waals surface area contributed by atoms with E-state index in [9.17, 15) is 18.4 Å². The predicted octanol–water partition coefficient (Wildman–Crippen LogP) is 2.67. The SMILES string of the molecule is COc1ccc(C(=O)NCCCCCC(=O)O)cc1OC(F)F. The highest BCUT2D eigenvalue weighted by Gasteiger charge is 2.14. The molecule has 0 fully saturated rings. The average molecular weight is 331 g/mol. The first-order chi connectivity index (χ1) is 10.9. The van der Waals surface area contributed by atoms with Crippen LogP contribution in [0, 0.1) is 0 Å². The zero-order valence-corrected chi connectivity index (χ0v) is 12.7. The Morgan fingerprint density at radius 2 is 1.96 bits per heavy atom. The number of carboxylic acid groups (broad SMARTS) is 1. The minimum Gasteiger partial charge on any atom is -0.493 e. The van der Waals surface area contributed by atoms with Crippen molar-refractivity contribution in [3.05, 3.63) is 23.8 Å². The molecule has 0 bridgehead atoms. The maximum atomic E-state index is 12.3. The first-order valence-corrected chi connectivity index (χ1v) is 7.07. The summed E-state index contributed by atoms with van der Waals surface area (Å²) in [5, 5.41) is 11.1. The summed E-state index contributed by atoms with van der Waals surface area (Å²) in [6, 6.07) is 4.00. The number of hydrogen-bond donors (Lipinski definition) is 2. The van der Waals surface area contributed by atoms with Gasteiger partial charge in [-0.1, -0.05) is 6.42 Å². The van der Waals surface area contributed by atoms with Crippen molar-refractivity contribution in [1.29, 1.82) is 0 Å². The van der Waals surface area contributed by atoms with Crippen molar-refractivity contribution in [3.8, 4) is 11.5 Å². The highest BCUT2D eigenvalue weighted by atomic mass is 19.3. The van der Waals surface area contributed by atoms with Crippen molar-refractivity contribution in [2.24, 2.45) is 0 Å². The molecule has 2 N–H and O–H groups in total. The van der Waals surface area contributed by atoms with Gasteiger partial charge in [0, 0.05) is 18.5 Å². The highest BCUT2D eigenvalue weighted by molar-refractivity contribution is 5.94. The van der Waals surface area contributed by atoms with E-state index in [4.69, 9.17) is 9.84 Å². The first-order valence-electron chi connectivity index (χ1n) is 7.07. The van der Waals surface area contributed by atoms with Crippen molar-refractivity contribution in [2.45, 2.75) is 32.3 Å². The molecule has 0 aliphatic heterocycles. The van der Waals surface area contributed by atoms with E-state index >= 15 is 0 Å². The maximum Gasteiger partial charge on any atom is 0.387 e. The molecule has 1 aromatic carbocycles. The van der Waals surface area contributed by atoms with Crippen LogP contribution in [-0.2, 0) is 4.79 Å². The van der Waals surface area contributed by atoms with Crippen LogP contribution in [0.25, 0.3) is 0 Å². The molecule has 0 aliphatic rings. The molecule has 0 spiro atoms. The van der Waals surface area contributed by atoms with Crippen molar-refractivity contribution in [2.75, 3.05) is 13.7 Å². The molecule has 0 aliphatic carbocycles. The van der Waals surface area contributed by atoms with Crippen LogP contribution in [0.15, 0.2) is 18.2 Å². The van der Waals surface area contributed by atoms with Crippen molar-refractivity contribution in [3.63, 3.8) is 0 Å². The number of halogens is 2. The van der Waals surface area contributed by atoms with Gasteiger partial charge in [0.1, 0.15) is 0 Å². The van der Waals surface area contributed by atoms with Crippen LogP contribution in [0.4, 0.5) is 8.78 Å². The quantitative estimate of drug-likeness (QED) is 0.644. The molecule has 0 saturated carbocycles. The monoisotopic (exact) mass is 331 g/mol. The Morgan fingerprint density at radius 3 is 2.57 bits per heavy atom. The highest BCUT2D eigenvalue weighted by Crippen LogP contribution is 2.29. The topological polar surface area (TPSA) is 84.9 Å². The molecule has 0 heterocycles. The number of amides is 1. The van der Waals surface area contributed by atoms with E-state index in [0.29, 0.717) is 25.8 Å². The predicted molar refractivity (Wildman–Crippen MR) is 78.1 cm³/mol. The third-order valence-corrected chi connectivity index (χ3v) is 2.99. The summed E-state index contributed by atoms with van der Waals surface area (Å²) in [6.07, 6.45) is 1.95. The summed E-state index contributed by atoms with van der Waals surface area (Å²) in [5.41, 5.74) is 0.173. The normalized spacial score (nSPS) is 10.4. The van der Waals surface area contributed by atoms with E-state index in [-0.39, 0.29) is 23.5 Å². The van der Waals surface area contributed by atoms with Crippen molar-refractivity contribution < 1.29 is 33.0 Å². The smallest absolute Gasteiger partial charge is 0.387 e. The largest absolute Gasteiger partial charge is 0.493 e. The minimum atomic E-state index is -3.02. The van der Waals surface area contributed by atoms with Gasteiger partial charge in [-0.05, 0) is 31.0 Å². The number of unbranched alkanes of at least 4 members (excludes halogenated alkanes) is 2. The van der Waals surface area contributed by atoms with E-state index in [1.165, 1.54) is 25.3 Å². The standard InChI is InChI=1S/C15H19F2NO5/c1-22-11-7-6-10(9-12(11)23-15(16)17)14(21)18-8-4-2-3-5-13(19)20/h6-7,9,15H,2-5,8H2,1H3,(H,18,21)(H,19,20). The van der Waals surface area contributed by atoms with Gasteiger partial charge in [0.2, 0.25) is 0 Å². The van der Waals surface area contributed by atoms with Crippen LogP contribution >= 0.6 is 0 Å². The number of methoxy groups -OCH3 is 1. The zero-order chi connectivity index (χ0) is 17.2. The number of carboxylic acids is 1. The third kappa shape index (κ3) is 6.94. The summed E-state index contributed by atoms with van der Waals surface area (Å²) < 4.78 is 33.9. The van der Waals surface area contributed by atoms with Gasteiger partial charge < -0.3 is 19.9 Å². The molecule has 8 heteroatoms. The van der Waals surface area contributed by atoms with Crippen molar-refractivity contribution >= 4 is 11.9 Å². The molecule has 1 aromatic rings. The lowest BCUT2D eigenvalue weighted by molar-refractivity contribution is -0.137.